The molecule has 0 spiro atoms. The van der Waals surface area contributed by atoms with Crippen LogP contribution < -0.4 is 20.5 Å². The first-order valence-electron chi connectivity index (χ1n) is 11.8. The highest BCUT2D eigenvalue weighted by molar-refractivity contribution is 5.94. The van der Waals surface area contributed by atoms with Crippen molar-refractivity contribution in [2.24, 2.45) is 0 Å². The van der Waals surface area contributed by atoms with E-state index in [-0.39, 0.29) is 22.5 Å². The van der Waals surface area contributed by atoms with Crippen molar-refractivity contribution in [3.05, 3.63) is 123 Å². The van der Waals surface area contributed by atoms with Gasteiger partial charge in [-0.2, -0.15) is 13.2 Å². The number of para-hydroxylation sites is 1. The van der Waals surface area contributed by atoms with E-state index in [0.717, 1.165) is 17.5 Å². The summed E-state index contributed by atoms with van der Waals surface area (Å²) in [5.74, 6) is -4.04. The van der Waals surface area contributed by atoms with Crippen LogP contribution in [0.25, 0.3) is 32.7 Å². The highest BCUT2D eigenvalue weighted by Gasteiger charge is 2.40. The third-order valence-electron chi connectivity index (χ3n) is 6.09. The summed E-state index contributed by atoms with van der Waals surface area (Å²) in [6, 6.07) is 22.8. The Morgan fingerprint density at radius 2 is 1.40 bits per heavy atom. The van der Waals surface area contributed by atoms with Gasteiger partial charge in [0.05, 0.1) is 5.39 Å². The fraction of sp³-hybridized carbons (Fsp3) is 0.0333. The van der Waals surface area contributed by atoms with E-state index < -0.39 is 45.9 Å². The number of esters is 1. The fourth-order valence-corrected chi connectivity index (χ4v) is 4.21. The third kappa shape index (κ3) is 4.55. The highest BCUT2D eigenvalue weighted by atomic mass is 19.4. The SMILES string of the molecule is O=C(Oc1ccc2c(=O)c(Oc3ccc4ccccc4c3)c(C(F)(F)F)oc2c1)c1cc2ccccc2oc1=O. The molecule has 2 aromatic heterocycles. The maximum atomic E-state index is 14.0. The summed E-state index contributed by atoms with van der Waals surface area (Å²) < 4.78 is 62.8. The van der Waals surface area contributed by atoms with Crippen molar-refractivity contribution in [3.63, 3.8) is 0 Å². The number of ether oxygens (including phenoxy) is 2. The second-order valence-electron chi connectivity index (χ2n) is 8.73. The number of carbonyl (C=O) groups excluding carboxylic acids is 1. The molecular formula is C30H15F3O7. The molecule has 0 aliphatic heterocycles. The van der Waals surface area contributed by atoms with Crippen molar-refractivity contribution in [1.29, 1.82) is 0 Å². The van der Waals surface area contributed by atoms with E-state index >= 15 is 0 Å². The molecule has 6 rings (SSSR count). The normalized spacial score (nSPS) is 11.7. The molecule has 0 amide bonds. The first-order chi connectivity index (χ1) is 19.2. The maximum absolute atomic E-state index is 14.0. The zero-order valence-corrected chi connectivity index (χ0v) is 20.2. The first kappa shape index (κ1) is 24.9. The molecule has 0 saturated carbocycles. The minimum Gasteiger partial charge on any atom is -0.449 e. The minimum absolute atomic E-state index is 0.00983. The van der Waals surface area contributed by atoms with Gasteiger partial charge in [-0.25, -0.2) is 9.59 Å². The molecule has 4 aromatic carbocycles. The van der Waals surface area contributed by atoms with Crippen LogP contribution in [0.1, 0.15) is 16.1 Å². The van der Waals surface area contributed by atoms with E-state index in [1.54, 1.807) is 42.5 Å². The minimum atomic E-state index is -5.09. The number of halogens is 3. The van der Waals surface area contributed by atoms with E-state index in [4.69, 9.17) is 18.3 Å². The maximum Gasteiger partial charge on any atom is 0.453 e. The molecule has 2 heterocycles. The lowest BCUT2D eigenvalue weighted by Crippen LogP contribution is -2.19. The number of benzene rings is 4. The summed E-state index contributed by atoms with van der Waals surface area (Å²) in [7, 11) is 0. The predicted molar refractivity (Wildman–Crippen MR) is 139 cm³/mol. The van der Waals surface area contributed by atoms with Crippen molar-refractivity contribution in [3.8, 4) is 17.2 Å². The lowest BCUT2D eigenvalue weighted by Gasteiger charge is -2.14. The van der Waals surface area contributed by atoms with Crippen molar-refractivity contribution in [1.82, 2.24) is 0 Å². The highest BCUT2D eigenvalue weighted by Crippen LogP contribution is 2.39. The molecule has 10 heteroatoms. The Balaban J connectivity index is 1.38. The second kappa shape index (κ2) is 9.42. The summed E-state index contributed by atoms with van der Waals surface area (Å²) in [4.78, 5) is 38.1. The molecule has 7 nitrogen and oxygen atoms in total. The van der Waals surface area contributed by atoms with Gasteiger partial charge >= 0.3 is 17.8 Å². The van der Waals surface area contributed by atoms with Gasteiger partial charge in [-0.15, -0.1) is 0 Å². The molecule has 0 bridgehead atoms. The van der Waals surface area contributed by atoms with Gasteiger partial charge in [-0.1, -0.05) is 48.5 Å². The third-order valence-corrected chi connectivity index (χ3v) is 6.09. The van der Waals surface area contributed by atoms with Crippen LogP contribution in [-0.4, -0.2) is 5.97 Å². The summed E-state index contributed by atoms with van der Waals surface area (Å²) >= 11 is 0. The number of hydrogen-bond donors (Lipinski definition) is 0. The number of fused-ring (bicyclic) bond motifs is 3. The fourth-order valence-electron chi connectivity index (χ4n) is 4.21. The van der Waals surface area contributed by atoms with E-state index in [1.807, 2.05) is 12.1 Å². The Hall–Kier alpha value is -5.38. The lowest BCUT2D eigenvalue weighted by atomic mass is 10.1. The molecule has 0 saturated heterocycles. The van der Waals surface area contributed by atoms with Crippen LogP contribution in [0.5, 0.6) is 17.2 Å². The molecule has 0 N–H and O–H groups in total. The average Bonchev–Trinajstić information content (AvgIpc) is 2.93. The standard InChI is InChI=1S/C30H15F3O7/c31-30(32,33)27-26(37-19-10-9-16-5-1-2-6-17(16)13-19)25(34)21-12-11-20(15-24(21)39-27)38-28(35)22-14-18-7-3-4-8-23(18)40-29(22)36/h1-15H. The van der Waals surface area contributed by atoms with Crippen LogP contribution in [0.15, 0.2) is 109 Å². The van der Waals surface area contributed by atoms with Gasteiger partial charge in [0.1, 0.15) is 28.2 Å². The van der Waals surface area contributed by atoms with Gasteiger partial charge < -0.3 is 18.3 Å². The van der Waals surface area contributed by atoms with E-state index in [2.05, 4.69) is 0 Å². The lowest BCUT2D eigenvalue weighted by molar-refractivity contribution is -0.154. The van der Waals surface area contributed by atoms with Crippen LogP contribution in [0.4, 0.5) is 13.2 Å². The quantitative estimate of drug-likeness (QED) is 0.133. The van der Waals surface area contributed by atoms with Crippen molar-refractivity contribution in [2.75, 3.05) is 0 Å². The van der Waals surface area contributed by atoms with E-state index in [0.29, 0.717) is 10.8 Å². The Morgan fingerprint density at radius 1 is 0.700 bits per heavy atom. The smallest absolute Gasteiger partial charge is 0.449 e. The monoisotopic (exact) mass is 544 g/mol. The van der Waals surface area contributed by atoms with Gasteiger partial charge in [0.2, 0.25) is 11.2 Å². The Morgan fingerprint density at radius 3 is 2.17 bits per heavy atom. The van der Waals surface area contributed by atoms with Gasteiger partial charge in [-0.3, -0.25) is 4.79 Å². The summed E-state index contributed by atoms with van der Waals surface area (Å²) in [5, 5.41) is 1.76. The van der Waals surface area contributed by atoms with Crippen LogP contribution in [0, 0.1) is 0 Å². The number of carbonyl (C=O) groups is 1. The number of hydrogen-bond acceptors (Lipinski definition) is 7. The van der Waals surface area contributed by atoms with Crippen molar-refractivity contribution < 1.29 is 36.3 Å². The van der Waals surface area contributed by atoms with Crippen molar-refractivity contribution >= 4 is 38.7 Å². The molecule has 198 valence electrons. The molecule has 40 heavy (non-hydrogen) atoms. The Labute approximate surface area is 221 Å². The van der Waals surface area contributed by atoms with E-state index in [1.165, 1.54) is 24.3 Å². The Kier molecular flexibility index (Phi) is 5.87. The van der Waals surface area contributed by atoms with Gasteiger partial charge in [0.25, 0.3) is 5.76 Å². The van der Waals surface area contributed by atoms with Crippen LogP contribution in [0.3, 0.4) is 0 Å². The first-order valence-corrected chi connectivity index (χ1v) is 11.8. The van der Waals surface area contributed by atoms with Gasteiger partial charge in [-0.05, 0) is 47.2 Å². The number of alkyl halides is 3. The largest absolute Gasteiger partial charge is 0.453 e. The van der Waals surface area contributed by atoms with Crippen LogP contribution >= 0.6 is 0 Å². The van der Waals surface area contributed by atoms with Gasteiger partial charge in [0.15, 0.2) is 0 Å². The van der Waals surface area contributed by atoms with Gasteiger partial charge in [0, 0.05) is 11.5 Å². The Bertz CT molecular complexity index is 2070. The molecular weight excluding hydrogens is 529 g/mol. The van der Waals surface area contributed by atoms with E-state index in [9.17, 15) is 27.6 Å². The topological polar surface area (TPSA) is 96.0 Å². The number of rotatable bonds is 4. The molecule has 0 atom stereocenters. The summed E-state index contributed by atoms with van der Waals surface area (Å²) in [6.07, 6.45) is -5.09. The van der Waals surface area contributed by atoms with Crippen LogP contribution in [-0.2, 0) is 6.18 Å². The average molecular weight is 544 g/mol. The van der Waals surface area contributed by atoms with Crippen LogP contribution in [0.2, 0.25) is 0 Å². The molecule has 0 aliphatic rings. The molecule has 0 unspecified atom stereocenters. The molecule has 0 radical (unpaired) electrons. The molecule has 0 aliphatic carbocycles. The molecule has 6 aromatic rings. The zero-order valence-electron chi connectivity index (χ0n) is 20.2. The zero-order chi connectivity index (χ0) is 28.0. The summed E-state index contributed by atoms with van der Waals surface area (Å²) in [5.41, 5.74) is -2.69. The molecule has 0 fully saturated rings. The van der Waals surface area contributed by atoms with Crippen molar-refractivity contribution in [2.45, 2.75) is 6.18 Å². The summed E-state index contributed by atoms with van der Waals surface area (Å²) in [6.45, 7) is 0. The second-order valence-corrected chi connectivity index (χ2v) is 8.73. The predicted octanol–water partition coefficient (Wildman–Crippen LogP) is 7.08.